The van der Waals surface area contributed by atoms with E-state index in [1.807, 2.05) is 60.7 Å². The predicted molar refractivity (Wildman–Crippen MR) is 122 cm³/mol. The second-order valence-electron chi connectivity index (χ2n) is 6.91. The largest absolute Gasteiger partial charge is 0.507 e. The van der Waals surface area contributed by atoms with Crippen molar-refractivity contribution >= 4 is 45.9 Å². The number of aromatic hydroxyl groups is 2. The summed E-state index contributed by atoms with van der Waals surface area (Å²) in [6.45, 7) is 0. The van der Waals surface area contributed by atoms with Crippen LogP contribution in [-0.2, 0) is 0 Å². The Labute approximate surface area is 177 Å². The molecule has 0 aliphatic carbocycles. The Balaban J connectivity index is 1.43. The van der Waals surface area contributed by atoms with Crippen LogP contribution < -0.4 is 0 Å². The lowest BCUT2D eigenvalue weighted by Crippen LogP contribution is -1.86. The zero-order chi connectivity index (χ0) is 21.2. The van der Waals surface area contributed by atoms with Crippen LogP contribution in [0.5, 0.6) is 11.5 Å². The van der Waals surface area contributed by atoms with Crippen molar-refractivity contribution in [2.24, 2.45) is 9.98 Å². The second-order valence-corrected chi connectivity index (χ2v) is 6.91. The number of aromatic amines is 1. The van der Waals surface area contributed by atoms with Crippen LogP contribution in [0.25, 0.3) is 21.5 Å². The van der Waals surface area contributed by atoms with Gasteiger partial charge >= 0.3 is 0 Å². The van der Waals surface area contributed by atoms with Crippen molar-refractivity contribution < 1.29 is 10.2 Å². The van der Waals surface area contributed by atoms with Crippen LogP contribution in [0.2, 0.25) is 0 Å². The molecule has 7 heteroatoms. The quantitative estimate of drug-likeness (QED) is 0.364. The van der Waals surface area contributed by atoms with E-state index in [2.05, 4.69) is 25.2 Å². The molecule has 150 valence electrons. The molecule has 31 heavy (non-hydrogen) atoms. The van der Waals surface area contributed by atoms with E-state index in [0.717, 1.165) is 21.5 Å². The van der Waals surface area contributed by atoms with Gasteiger partial charge < -0.3 is 10.2 Å². The summed E-state index contributed by atoms with van der Waals surface area (Å²) in [5.74, 6) is 0.692. The van der Waals surface area contributed by atoms with Crippen molar-refractivity contribution in [3.63, 3.8) is 0 Å². The first-order valence-electron chi connectivity index (χ1n) is 9.61. The van der Waals surface area contributed by atoms with Gasteiger partial charge in [0.25, 0.3) is 5.95 Å². The normalized spacial score (nSPS) is 11.9. The Morgan fingerprint density at radius 3 is 1.84 bits per heavy atom. The van der Waals surface area contributed by atoms with Gasteiger partial charge in [-0.2, -0.15) is 4.98 Å². The smallest absolute Gasteiger partial charge is 0.269 e. The molecule has 0 saturated carbocycles. The molecule has 0 spiro atoms. The first-order chi connectivity index (χ1) is 15.2. The number of hydrogen-bond acceptors (Lipinski definition) is 6. The van der Waals surface area contributed by atoms with E-state index in [4.69, 9.17) is 0 Å². The van der Waals surface area contributed by atoms with Crippen molar-refractivity contribution in [1.29, 1.82) is 0 Å². The summed E-state index contributed by atoms with van der Waals surface area (Å²) in [5, 5.41) is 31.0. The Morgan fingerprint density at radius 1 is 0.677 bits per heavy atom. The number of phenolic OH excluding ortho intramolecular Hbond substituents is 2. The number of rotatable bonds is 4. The van der Waals surface area contributed by atoms with Crippen LogP contribution in [0.15, 0.2) is 82.8 Å². The lowest BCUT2D eigenvalue weighted by atomic mass is 10.0. The fraction of sp³-hybridized carbons (Fsp3) is 0. The number of phenols is 2. The van der Waals surface area contributed by atoms with E-state index >= 15 is 0 Å². The molecule has 5 rings (SSSR count). The number of aliphatic imine (C=N–C) groups is 2. The van der Waals surface area contributed by atoms with Crippen LogP contribution in [0.1, 0.15) is 11.1 Å². The maximum atomic E-state index is 10.2. The van der Waals surface area contributed by atoms with E-state index in [-0.39, 0.29) is 23.4 Å². The summed E-state index contributed by atoms with van der Waals surface area (Å²) in [5.41, 5.74) is 1.19. The van der Waals surface area contributed by atoms with Crippen LogP contribution in [-0.4, -0.2) is 37.8 Å². The van der Waals surface area contributed by atoms with Crippen molar-refractivity contribution in [3.8, 4) is 11.5 Å². The fourth-order valence-electron chi connectivity index (χ4n) is 3.45. The SMILES string of the molecule is Oc1ccc2ccccc2c1C=Nc1n[nH]c(N=Cc2c(O)ccc3ccccc23)n1. The number of fused-ring (bicyclic) bond motifs is 2. The fourth-order valence-corrected chi connectivity index (χ4v) is 3.45. The molecule has 5 aromatic rings. The zero-order valence-electron chi connectivity index (χ0n) is 16.3. The van der Waals surface area contributed by atoms with Gasteiger partial charge in [-0.15, -0.1) is 5.10 Å². The van der Waals surface area contributed by atoms with Gasteiger partial charge in [-0.3, -0.25) is 0 Å². The lowest BCUT2D eigenvalue weighted by Gasteiger charge is -2.04. The zero-order valence-corrected chi connectivity index (χ0v) is 16.3. The number of H-pyrrole nitrogens is 1. The molecule has 7 nitrogen and oxygen atoms in total. The lowest BCUT2D eigenvalue weighted by molar-refractivity contribution is 0.475. The van der Waals surface area contributed by atoms with Gasteiger partial charge in [-0.25, -0.2) is 15.1 Å². The van der Waals surface area contributed by atoms with Gasteiger partial charge in [0.2, 0.25) is 5.95 Å². The Hall–Kier alpha value is -4.52. The van der Waals surface area contributed by atoms with Gasteiger partial charge in [-0.05, 0) is 33.7 Å². The van der Waals surface area contributed by atoms with E-state index in [1.165, 1.54) is 6.21 Å². The highest BCUT2D eigenvalue weighted by atomic mass is 16.3. The summed E-state index contributed by atoms with van der Waals surface area (Å²) in [6, 6.07) is 22.4. The summed E-state index contributed by atoms with van der Waals surface area (Å²) >= 11 is 0. The molecule has 0 saturated heterocycles. The van der Waals surface area contributed by atoms with E-state index in [1.54, 1.807) is 18.3 Å². The van der Waals surface area contributed by atoms with E-state index in [0.29, 0.717) is 11.1 Å². The van der Waals surface area contributed by atoms with Gasteiger partial charge in [0.1, 0.15) is 11.5 Å². The molecule has 0 aliphatic rings. The number of nitrogens with one attached hydrogen (secondary N) is 1. The molecule has 0 fully saturated rings. The topological polar surface area (TPSA) is 107 Å². The summed E-state index contributed by atoms with van der Waals surface area (Å²) in [7, 11) is 0. The van der Waals surface area contributed by atoms with E-state index < -0.39 is 0 Å². The predicted octanol–water partition coefficient (Wildman–Crippen LogP) is 5.02. The highest BCUT2D eigenvalue weighted by Gasteiger charge is 2.07. The van der Waals surface area contributed by atoms with Crippen molar-refractivity contribution in [2.45, 2.75) is 0 Å². The van der Waals surface area contributed by atoms with Crippen LogP contribution in [0, 0.1) is 0 Å². The maximum Gasteiger partial charge on any atom is 0.269 e. The third kappa shape index (κ3) is 3.60. The van der Waals surface area contributed by atoms with Gasteiger partial charge in [0, 0.05) is 23.6 Å². The minimum atomic E-state index is 0.127. The number of nitrogens with zero attached hydrogens (tertiary/aromatic N) is 4. The van der Waals surface area contributed by atoms with Gasteiger partial charge in [-0.1, -0.05) is 60.7 Å². The Bertz CT molecular complexity index is 1360. The molecule has 0 amide bonds. The highest BCUT2D eigenvalue weighted by Crippen LogP contribution is 2.27. The maximum absolute atomic E-state index is 10.2. The first kappa shape index (κ1) is 18.5. The van der Waals surface area contributed by atoms with Gasteiger partial charge in [0.15, 0.2) is 0 Å². The van der Waals surface area contributed by atoms with E-state index in [9.17, 15) is 10.2 Å². The molecule has 0 radical (unpaired) electrons. The second kappa shape index (κ2) is 7.72. The molecule has 4 aromatic carbocycles. The third-order valence-electron chi connectivity index (χ3n) is 4.98. The number of benzene rings is 4. The Morgan fingerprint density at radius 2 is 1.23 bits per heavy atom. The molecular formula is C24H17N5O2. The number of aromatic nitrogens is 3. The molecule has 0 aliphatic heterocycles. The highest BCUT2D eigenvalue weighted by molar-refractivity contribution is 6.03. The van der Waals surface area contributed by atoms with Crippen LogP contribution >= 0.6 is 0 Å². The molecule has 1 heterocycles. The van der Waals surface area contributed by atoms with Crippen LogP contribution in [0.3, 0.4) is 0 Å². The first-order valence-corrected chi connectivity index (χ1v) is 9.61. The molecule has 0 bridgehead atoms. The van der Waals surface area contributed by atoms with Crippen molar-refractivity contribution in [2.75, 3.05) is 0 Å². The minimum Gasteiger partial charge on any atom is -0.507 e. The molecule has 3 N–H and O–H groups in total. The van der Waals surface area contributed by atoms with Crippen molar-refractivity contribution in [1.82, 2.24) is 15.2 Å². The number of hydrogen-bond donors (Lipinski definition) is 3. The average Bonchev–Trinajstić information content (AvgIpc) is 3.25. The minimum absolute atomic E-state index is 0.127. The summed E-state index contributed by atoms with van der Waals surface area (Å²) in [6.07, 6.45) is 3.08. The molecular weight excluding hydrogens is 390 g/mol. The summed E-state index contributed by atoms with van der Waals surface area (Å²) in [4.78, 5) is 12.8. The molecule has 0 unspecified atom stereocenters. The van der Waals surface area contributed by atoms with Crippen LogP contribution in [0.4, 0.5) is 11.9 Å². The molecule has 0 atom stereocenters. The third-order valence-corrected chi connectivity index (χ3v) is 4.98. The standard InChI is InChI=1S/C24H17N5O2/c30-21-11-9-15-5-1-3-7-17(15)19(21)13-25-23-27-24(29-28-23)26-14-20-18-8-4-2-6-16(18)10-12-22(20)31/h1-14,30-31H,(H,27,28,29). The molecule has 1 aromatic heterocycles. The average molecular weight is 407 g/mol. The van der Waals surface area contributed by atoms with Crippen molar-refractivity contribution in [3.05, 3.63) is 83.9 Å². The monoisotopic (exact) mass is 407 g/mol. The Kier molecular flexibility index (Phi) is 4.61. The van der Waals surface area contributed by atoms with Gasteiger partial charge in [0.05, 0.1) is 0 Å². The summed E-state index contributed by atoms with van der Waals surface area (Å²) < 4.78 is 0.